The van der Waals surface area contributed by atoms with E-state index in [1.165, 1.54) is 11.5 Å². The highest BCUT2D eigenvalue weighted by Crippen LogP contribution is 2.25. The molecular weight excluding hydrogens is 156 g/mol. The third-order valence-electron chi connectivity index (χ3n) is 2.25. The molecule has 0 aromatic heterocycles. The molecule has 64 valence electrons. The number of carbonyl (C=O) groups excluding carboxylic acids is 1. The zero-order valence-corrected chi connectivity index (χ0v) is 7.95. The van der Waals surface area contributed by atoms with Crippen molar-refractivity contribution >= 4 is 17.5 Å². The molecule has 0 heterocycles. The van der Waals surface area contributed by atoms with Crippen LogP contribution in [-0.4, -0.2) is 17.3 Å². The van der Waals surface area contributed by atoms with Gasteiger partial charge in [-0.05, 0) is 30.8 Å². The number of ketones is 1. The Morgan fingerprint density at radius 3 is 3.00 bits per heavy atom. The highest BCUT2D eigenvalue weighted by Gasteiger charge is 2.23. The standard InChI is InChI=1S/C9H16OS/c1-2-11-7-6-8-4-3-5-9(8)10/h8H,2-7H2,1H3. The normalized spacial score (nSPS) is 24.5. The fourth-order valence-electron chi connectivity index (χ4n) is 1.56. The summed E-state index contributed by atoms with van der Waals surface area (Å²) in [5.74, 6) is 3.30. The second kappa shape index (κ2) is 4.81. The molecule has 0 aromatic rings. The molecule has 2 heteroatoms. The van der Waals surface area contributed by atoms with Crippen LogP contribution in [0.3, 0.4) is 0 Å². The molecule has 1 unspecified atom stereocenters. The molecule has 0 aliphatic heterocycles. The van der Waals surface area contributed by atoms with Gasteiger partial charge in [-0.1, -0.05) is 6.92 Å². The smallest absolute Gasteiger partial charge is 0.136 e. The summed E-state index contributed by atoms with van der Waals surface area (Å²) in [5, 5.41) is 0. The Bertz CT molecular complexity index is 134. The van der Waals surface area contributed by atoms with Gasteiger partial charge in [-0.15, -0.1) is 0 Å². The minimum atomic E-state index is 0.425. The third-order valence-corrected chi connectivity index (χ3v) is 3.18. The van der Waals surface area contributed by atoms with Crippen molar-refractivity contribution in [2.24, 2.45) is 5.92 Å². The highest BCUT2D eigenvalue weighted by molar-refractivity contribution is 7.99. The van der Waals surface area contributed by atoms with Gasteiger partial charge in [0.25, 0.3) is 0 Å². The monoisotopic (exact) mass is 172 g/mol. The molecule has 1 atom stereocenters. The van der Waals surface area contributed by atoms with Crippen molar-refractivity contribution in [3.05, 3.63) is 0 Å². The van der Waals surface area contributed by atoms with Crippen LogP contribution in [0, 0.1) is 5.92 Å². The highest BCUT2D eigenvalue weighted by atomic mass is 32.2. The van der Waals surface area contributed by atoms with Crippen molar-refractivity contribution in [3.63, 3.8) is 0 Å². The van der Waals surface area contributed by atoms with Gasteiger partial charge >= 0.3 is 0 Å². The van der Waals surface area contributed by atoms with E-state index < -0.39 is 0 Å². The first-order valence-corrected chi connectivity index (χ1v) is 5.60. The molecular formula is C9H16OS. The number of hydrogen-bond acceptors (Lipinski definition) is 2. The van der Waals surface area contributed by atoms with Crippen LogP contribution in [0.4, 0.5) is 0 Å². The van der Waals surface area contributed by atoms with E-state index in [9.17, 15) is 4.79 Å². The second-order valence-electron chi connectivity index (χ2n) is 3.04. The molecule has 1 aliphatic carbocycles. The Kier molecular flexibility index (Phi) is 3.98. The topological polar surface area (TPSA) is 17.1 Å². The fourth-order valence-corrected chi connectivity index (χ4v) is 2.30. The lowest BCUT2D eigenvalue weighted by Crippen LogP contribution is -2.06. The van der Waals surface area contributed by atoms with E-state index >= 15 is 0 Å². The molecule has 0 radical (unpaired) electrons. The van der Waals surface area contributed by atoms with Crippen LogP contribution in [0.25, 0.3) is 0 Å². The van der Waals surface area contributed by atoms with E-state index in [2.05, 4.69) is 6.92 Å². The van der Waals surface area contributed by atoms with Crippen LogP contribution >= 0.6 is 11.8 Å². The molecule has 1 fully saturated rings. The maximum absolute atomic E-state index is 11.2. The predicted molar refractivity (Wildman–Crippen MR) is 50.0 cm³/mol. The minimum absolute atomic E-state index is 0.425. The summed E-state index contributed by atoms with van der Waals surface area (Å²) in [6.07, 6.45) is 4.27. The lowest BCUT2D eigenvalue weighted by molar-refractivity contribution is -0.120. The van der Waals surface area contributed by atoms with Gasteiger partial charge in [-0.3, -0.25) is 4.79 Å². The molecule has 0 bridgehead atoms. The Labute approximate surface area is 72.9 Å². The van der Waals surface area contributed by atoms with Gasteiger partial charge in [0.15, 0.2) is 0 Å². The van der Waals surface area contributed by atoms with Crippen LogP contribution < -0.4 is 0 Å². The predicted octanol–water partition coefficient (Wildman–Crippen LogP) is 2.50. The number of Topliss-reactive ketones (excluding diaryl/α,β-unsaturated/α-hetero) is 1. The van der Waals surface area contributed by atoms with Gasteiger partial charge in [-0.2, -0.15) is 11.8 Å². The van der Waals surface area contributed by atoms with Crippen molar-refractivity contribution in [2.45, 2.75) is 32.6 Å². The summed E-state index contributed by atoms with van der Waals surface area (Å²) >= 11 is 1.94. The molecule has 1 aliphatic rings. The van der Waals surface area contributed by atoms with Crippen LogP contribution in [0.5, 0.6) is 0 Å². The summed E-state index contributed by atoms with van der Waals surface area (Å²) in [5.41, 5.74) is 0. The van der Waals surface area contributed by atoms with Crippen molar-refractivity contribution in [1.29, 1.82) is 0 Å². The Balaban J connectivity index is 2.10. The number of thioether (sulfide) groups is 1. The average Bonchev–Trinajstić information content (AvgIpc) is 2.37. The minimum Gasteiger partial charge on any atom is -0.299 e. The molecule has 1 saturated carbocycles. The molecule has 1 rings (SSSR count). The maximum atomic E-state index is 11.2. The summed E-state index contributed by atoms with van der Waals surface area (Å²) in [6, 6.07) is 0. The first-order valence-electron chi connectivity index (χ1n) is 4.45. The van der Waals surface area contributed by atoms with Crippen molar-refractivity contribution in [2.75, 3.05) is 11.5 Å². The number of carbonyl (C=O) groups is 1. The van der Waals surface area contributed by atoms with Gasteiger partial charge in [-0.25, -0.2) is 0 Å². The largest absolute Gasteiger partial charge is 0.299 e. The lowest BCUT2D eigenvalue weighted by Gasteiger charge is -2.05. The second-order valence-corrected chi connectivity index (χ2v) is 4.43. The summed E-state index contributed by atoms with van der Waals surface area (Å²) in [7, 11) is 0. The van der Waals surface area contributed by atoms with Crippen molar-refractivity contribution < 1.29 is 4.79 Å². The Hall–Kier alpha value is 0.0200. The molecule has 0 N–H and O–H groups in total. The van der Waals surface area contributed by atoms with Crippen LogP contribution in [0.15, 0.2) is 0 Å². The van der Waals surface area contributed by atoms with E-state index in [0.717, 1.165) is 25.7 Å². The van der Waals surface area contributed by atoms with Gasteiger partial charge in [0, 0.05) is 12.3 Å². The molecule has 0 spiro atoms. The van der Waals surface area contributed by atoms with Crippen LogP contribution in [0.2, 0.25) is 0 Å². The number of hydrogen-bond donors (Lipinski definition) is 0. The van der Waals surface area contributed by atoms with E-state index in [1.54, 1.807) is 0 Å². The first kappa shape index (κ1) is 9.11. The quantitative estimate of drug-likeness (QED) is 0.606. The van der Waals surface area contributed by atoms with Gasteiger partial charge in [0.1, 0.15) is 5.78 Å². The maximum Gasteiger partial charge on any atom is 0.136 e. The van der Waals surface area contributed by atoms with Gasteiger partial charge in [0.05, 0.1) is 0 Å². The number of rotatable bonds is 4. The summed E-state index contributed by atoms with van der Waals surface area (Å²) in [4.78, 5) is 11.2. The Morgan fingerprint density at radius 2 is 2.45 bits per heavy atom. The van der Waals surface area contributed by atoms with Gasteiger partial charge in [0.2, 0.25) is 0 Å². The van der Waals surface area contributed by atoms with Crippen LogP contribution in [0.1, 0.15) is 32.6 Å². The van der Waals surface area contributed by atoms with E-state index in [1.807, 2.05) is 11.8 Å². The van der Waals surface area contributed by atoms with E-state index in [4.69, 9.17) is 0 Å². The third kappa shape index (κ3) is 2.86. The van der Waals surface area contributed by atoms with E-state index in [0.29, 0.717) is 11.7 Å². The summed E-state index contributed by atoms with van der Waals surface area (Å²) < 4.78 is 0. The first-order chi connectivity index (χ1) is 5.34. The average molecular weight is 172 g/mol. The molecule has 0 amide bonds. The van der Waals surface area contributed by atoms with Gasteiger partial charge < -0.3 is 0 Å². The van der Waals surface area contributed by atoms with Crippen molar-refractivity contribution in [3.8, 4) is 0 Å². The molecule has 0 aromatic carbocycles. The Morgan fingerprint density at radius 1 is 1.64 bits per heavy atom. The molecule has 1 nitrogen and oxygen atoms in total. The fraction of sp³-hybridized carbons (Fsp3) is 0.889. The zero-order chi connectivity index (χ0) is 8.10. The van der Waals surface area contributed by atoms with Crippen LogP contribution in [-0.2, 0) is 4.79 Å². The van der Waals surface area contributed by atoms with Crippen molar-refractivity contribution in [1.82, 2.24) is 0 Å². The summed E-state index contributed by atoms with van der Waals surface area (Å²) in [6.45, 7) is 2.17. The zero-order valence-electron chi connectivity index (χ0n) is 7.14. The SMILES string of the molecule is CCSCCC1CCCC1=O. The molecule has 0 saturated heterocycles. The molecule has 11 heavy (non-hydrogen) atoms. The van der Waals surface area contributed by atoms with E-state index in [-0.39, 0.29) is 0 Å². The lowest BCUT2D eigenvalue weighted by atomic mass is 10.1.